The number of hydrogen-bond donors (Lipinski definition) is 0. The molecule has 0 spiro atoms. The Kier molecular flexibility index (Phi) is 4.69. The molecular weight excluding hydrogens is 330 g/mol. The molecule has 0 bridgehead atoms. The van der Waals surface area contributed by atoms with Gasteiger partial charge in [0.1, 0.15) is 31.6 Å². The monoisotopic (exact) mass is 351 g/mol. The zero-order valence-electron chi connectivity index (χ0n) is 14.6. The van der Waals surface area contributed by atoms with Gasteiger partial charge in [-0.25, -0.2) is 9.67 Å². The van der Waals surface area contributed by atoms with Gasteiger partial charge < -0.3 is 14.2 Å². The highest BCUT2D eigenvalue weighted by Crippen LogP contribution is 2.36. The van der Waals surface area contributed by atoms with Gasteiger partial charge in [-0.05, 0) is 36.8 Å². The van der Waals surface area contributed by atoms with E-state index in [1.165, 1.54) is 6.33 Å². The van der Waals surface area contributed by atoms with Crippen LogP contribution in [0.4, 0.5) is 0 Å². The molecule has 26 heavy (non-hydrogen) atoms. The first kappa shape index (κ1) is 16.8. The maximum absolute atomic E-state index is 6.13. The molecule has 3 aromatic rings. The largest absolute Gasteiger partial charge is 0.489 e. The SMILES string of the molecule is CC1COC(Cn2cncn2)(c2ccc(OCc3ccccc3)cc2)O1. The lowest BCUT2D eigenvalue weighted by molar-refractivity contribution is -0.186. The van der Waals surface area contributed by atoms with Gasteiger partial charge in [0.15, 0.2) is 0 Å². The normalized spacial score (nSPS) is 22.4. The molecule has 1 saturated heterocycles. The van der Waals surface area contributed by atoms with Crippen LogP contribution in [0.1, 0.15) is 18.1 Å². The molecule has 4 rings (SSSR count). The first-order chi connectivity index (χ1) is 12.7. The summed E-state index contributed by atoms with van der Waals surface area (Å²) in [6, 6.07) is 17.9. The van der Waals surface area contributed by atoms with Crippen LogP contribution in [0.5, 0.6) is 5.75 Å². The molecule has 1 fully saturated rings. The van der Waals surface area contributed by atoms with E-state index in [0.29, 0.717) is 19.8 Å². The van der Waals surface area contributed by atoms with Crippen molar-refractivity contribution >= 4 is 0 Å². The fourth-order valence-electron chi connectivity index (χ4n) is 3.04. The van der Waals surface area contributed by atoms with Crippen LogP contribution in [-0.2, 0) is 28.4 Å². The zero-order valence-corrected chi connectivity index (χ0v) is 14.6. The van der Waals surface area contributed by atoms with Gasteiger partial charge in [0.05, 0.1) is 12.7 Å². The molecule has 2 aromatic carbocycles. The molecule has 2 heterocycles. The van der Waals surface area contributed by atoms with Crippen molar-refractivity contribution in [3.8, 4) is 5.75 Å². The van der Waals surface area contributed by atoms with Crippen LogP contribution in [-0.4, -0.2) is 27.5 Å². The van der Waals surface area contributed by atoms with E-state index in [-0.39, 0.29) is 6.10 Å². The Bertz CT molecular complexity index is 821. The van der Waals surface area contributed by atoms with E-state index in [2.05, 4.69) is 10.1 Å². The minimum absolute atomic E-state index is 0.0209. The van der Waals surface area contributed by atoms with Gasteiger partial charge in [0.25, 0.3) is 0 Å². The van der Waals surface area contributed by atoms with Gasteiger partial charge in [0.2, 0.25) is 5.79 Å². The van der Waals surface area contributed by atoms with E-state index in [1.54, 1.807) is 11.0 Å². The molecule has 0 radical (unpaired) electrons. The molecule has 0 saturated carbocycles. The molecule has 0 aliphatic carbocycles. The maximum atomic E-state index is 6.13. The third-order valence-corrected chi connectivity index (χ3v) is 4.32. The second-order valence-corrected chi connectivity index (χ2v) is 6.38. The first-order valence-corrected chi connectivity index (χ1v) is 8.65. The zero-order chi connectivity index (χ0) is 17.8. The average Bonchev–Trinajstić information content (AvgIpc) is 3.32. The third kappa shape index (κ3) is 3.61. The second-order valence-electron chi connectivity index (χ2n) is 6.38. The standard InChI is InChI=1S/C20H21N3O3/c1-16-11-25-20(26-16,13-23-15-21-14-22-23)18-7-9-19(10-8-18)24-12-17-5-3-2-4-6-17/h2-10,14-16H,11-13H2,1H3. The van der Waals surface area contributed by atoms with Gasteiger partial charge in [0, 0.05) is 5.56 Å². The number of rotatable bonds is 6. The Labute approximate surface area is 152 Å². The highest BCUT2D eigenvalue weighted by molar-refractivity contribution is 5.30. The number of benzene rings is 2. The minimum atomic E-state index is -0.856. The van der Waals surface area contributed by atoms with Gasteiger partial charge in [-0.15, -0.1) is 0 Å². The maximum Gasteiger partial charge on any atom is 0.215 e. The molecule has 0 N–H and O–H groups in total. The van der Waals surface area contributed by atoms with E-state index in [0.717, 1.165) is 16.9 Å². The van der Waals surface area contributed by atoms with Crippen molar-refractivity contribution in [3.05, 3.63) is 78.4 Å². The lowest BCUT2D eigenvalue weighted by atomic mass is 10.1. The molecular formula is C20H21N3O3. The second kappa shape index (κ2) is 7.27. The van der Waals surface area contributed by atoms with E-state index in [4.69, 9.17) is 14.2 Å². The molecule has 2 unspecified atom stereocenters. The molecule has 1 aliphatic rings. The molecule has 1 aliphatic heterocycles. The van der Waals surface area contributed by atoms with Crippen LogP contribution < -0.4 is 4.74 Å². The summed E-state index contributed by atoms with van der Waals surface area (Å²) in [5, 5.41) is 4.18. The molecule has 1 aromatic heterocycles. The number of ether oxygens (including phenoxy) is 3. The van der Waals surface area contributed by atoms with Crippen LogP contribution in [0.3, 0.4) is 0 Å². The van der Waals surface area contributed by atoms with Crippen molar-refractivity contribution in [1.82, 2.24) is 14.8 Å². The fraction of sp³-hybridized carbons (Fsp3) is 0.300. The van der Waals surface area contributed by atoms with Crippen molar-refractivity contribution in [2.24, 2.45) is 0 Å². The summed E-state index contributed by atoms with van der Waals surface area (Å²) in [7, 11) is 0. The molecule has 2 atom stereocenters. The summed E-state index contributed by atoms with van der Waals surface area (Å²) >= 11 is 0. The Morgan fingerprint density at radius 2 is 1.96 bits per heavy atom. The quantitative estimate of drug-likeness (QED) is 0.683. The topological polar surface area (TPSA) is 58.4 Å². The highest BCUT2D eigenvalue weighted by Gasteiger charge is 2.42. The van der Waals surface area contributed by atoms with Crippen LogP contribution in [0.15, 0.2) is 67.3 Å². The van der Waals surface area contributed by atoms with Crippen molar-refractivity contribution in [1.29, 1.82) is 0 Å². The van der Waals surface area contributed by atoms with Crippen molar-refractivity contribution in [3.63, 3.8) is 0 Å². The number of hydrogen-bond acceptors (Lipinski definition) is 5. The molecule has 6 nitrogen and oxygen atoms in total. The van der Waals surface area contributed by atoms with Crippen LogP contribution in [0, 0.1) is 0 Å². The molecule has 6 heteroatoms. The summed E-state index contributed by atoms with van der Waals surface area (Å²) in [6.45, 7) is 3.53. The lowest BCUT2D eigenvalue weighted by Crippen LogP contribution is -2.33. The van der Waals surface area contributed by atoms with Crippen LogP contribution >= 0.6 is 0 Å². The predicted octanol–water partition coefficient (Wildman–Crippen LogP) is 3.15. The van der Waals surface area contributed by atoms with Gasteiger partial charge in [-0.2, -0.15) is 5.10 Å². The summed E-state index contributed by atoms with van der Waals surface area (Å²) in [5.74, 6) is -0.0509. The molecule has 134 valence electrons. The average molecular weight is 351 g/mol. The number of nitrogens with zero attached hydrogens (tertiary/aromatic N) is 3. The third-order valence-electron chi connectivity index (χ3n) is 4.32. The predicted molar refractivity (Wildman–Crippen MR) is 95.4 cm³/mol. The summed E-state index contributed by atoms with van der Waals surface area (Å²) < 4.78 is 19.7. The Hall–Kier alpha value is -2.70. The van der Waals surface area contributed by atoms with E-state index in [9.17, 15) is 0 Å². The summed E-state index contributed by atoms with van der Waals surface area (Å²) in [4.78, 5) is 4.00. The van der Waals surface area contributed by atoms with Crippen LogP contribution in [0.2, 0.25) is 0 Å². The molecule has 0 amide bonds. The van der Waals surface area contributed by atoms with E-state index >= 15 is 0 Å². The van der Waals surface area contributed by atoms with Gasteiger partial charge >= 0.3 is 0 Å². The first-order valence-electron chi connectivity index (χ1n) is 8.65. The van der Waals surface area contributed by atoms with Crippen LogP contribution in [0.25, 0.3) is 0 Å². The fourth-order valence-corrected chi connectivity index (χ4v) is 3.04. The summed E-state index contributed by atoms with van der Waals surface area (Å²) in [6.07, 6.45) is 3.19. The van der Waals surface area contributed by atoms with Gasteiger partial charge in [-0.1, -0.05) is 30.3 Å². The lowest BCUT2D eigenvalue weighted by Gasteiger charge is -2.28. The highest BCUT2D eigenvalue weighted by atomic mass is 16.7. The van der Waals surface area contributed by atoms with Crippen molar-refractivity contribution in [2.75, 3.05) is 6.61 Å². The van der Waals surface area contributed by atoms with Crippen molar-refractivity contribution < 1.29 is 14.2 Å². The minimum Gasteiger partial charge on any atom is -0.489 e. The Balaban J connectivity index is 1.50. The van der Waals surface area contributed by atoms with E-state index < -0.39 is 5.79 Å². The van der Waals surface area contributed by atoms with Gasteiger partial charge in [-0.3, -0.25) is 0 Å². The Morgan fingerprint density at radius 1 is 1.15 bits per heavy atom. The Morgan fingerprint density at radius 3 is 2.62 bits per heavy atom. The number of aromatic nitrogens is 3. The summed E-state index contributed by atoms with van der Waals surface area (Å²) in [5.41, 5.74) is 2.07. The smallest absolute Gasteiger partial charge is 0.215 e. The van der Waals surface area contributed by atoms with E-state index in [1.807, 2.05) is 61.5 Å². The van der Waals surface area contributed by atoms with Crippen molar-refractivity contribution in [2.45, 2.75) is 32.0 Å².